The van der Waals surface area contributed by atoms with Crippen LogP contribution in [-0.4, -0.2) is 28.2 Å². The highest BCUT2D eigenvalue weighted by Crippen LogP contribution is 2.24. The maximum absolute atomic E-state index is 12.4. The van der Waals surface area contributed by atoms with Crippen molar-refractivity contribution in [2.24, 2.45) is 7.05 Å². The SMILES string of the molecule is Cn1cnnc1CNS(=O)(=O)c1c[nH]c2ccc(N)cc12. The van der Waals surface area contributed by atoms with E-state index >= 15 is 0 Å². The van der Waals surface area contributed by atoms with Crippen LogP contribution >= 0.6 is 0 Å². The Morgan fingerprint density at radius 3 is 2.95 bits per heavy atom. The molecule has 0 radical (unpaired) electrons. The van der Waals surface area contributed by atoms with Crippen LogP contribution in [0, 0.1) is 0 Å². The first-order valence-electron chi connectivity index (χ1n) is 6.16. The number of aromatic nitrogens is 4. The number of nitrogens with zero attached hydrogens (tertiary/aromatic N) is 3. The minimum atomic E-state index is -3.67. The molecule has 0 spiro atoms. The van der Waals surface area contributed by atoms with Crippen LogP contribution in [0.5, 0.6) is 0 Å². The highest BCUT2D eigenvalue weighted by Gasteiger charge is 2.19. The highest BCUT2D eigenvalue weighted by atomic mass is 32.2. The van der Waals surface area contributed by atoms with Crippen molar-refractivity contribution in [1.29, 1.82) is 0 Å². The number of fused-ring (bicyclic) bond motifs is 1. The quantitative estimate of drug-likeness (QED) is 0.601. The average Bonchev–Trinajstić information content (AvgIpc) is 3.02. The maximum Gasteiger partial charge on any atom is 0.243 e. The number of H-pyrrole nitrogens is 1. The number of nitrogen functional groups attached to an aromatic ring is 1. The van der Waals surface area contributed by atoms with E-state index in [1.165, 1.54) is 12.5 Å². The largest absolute Gasteiger partial charge is 0.399 e. The van der Waals surface area contributed by atoms with Crippen LogP contribution in [0.3, 0.4) is 0 Å². The number of anilines is 1. The van der Waals surface area contributed by atoms with Gasteiger partial charge in [-0.25, -0.2) is 13.1 Å². The summed E-state index contributed by atoms with van der Waals surface area (Å²) in [5, 5.41) is 8.09. The minimum absolute atomic E-state index is 0.0633. The number of nitrogens with one attached hydrogen (secondary N) is 2. The first-order chi connectivity index (χ1) is 9.97. The zero-order valence-corrected chi connectivity index (χ0v) is 12.1. The summed E-state index contributed by atoms with van der Waals surface area (Å²) in [5.41, 5.74) is 6.93. The van der Waals surface area contributed by atoms with E-state index in [0.717, 1.165) is 0 Å². The van der Waals surface area contributed by atoms with E-state index in [9.17, 15) is 8.42 Å². The number of hydrogen-bond acceptors (Lipinski definition) is 5. The third kappa shape index (κ3) is 2.48. The van der Waals surface area contributed by atoms with E-state index < -0.39 is 10.0 Å². The van der Waals surface area contributed by atoms with Gasteiger partial charge in [-0.2, -0.15) is 0 Å². The standard InChI is InChI=1S/C12H14N6O2S/c1-18-7-15-17-12(18)6-16-21(19,20)11-5-14-10-3-2-8(13)4-9(10)11/h2-5,7,14,16H,6,13H2,1H3. The Balaban J connectivity index is 1.93. The van der Waals surface area contributed by atoms with Crippen molar-refractivity contribution >= 4 is 26.6 Å². The van der Waals surface area contributed by atoms with Gasteiger partial charge in [0.2, 0.25) is 10.0 Å². The molecule has 4 N–H and O–H groups in total. The summed E-state index contributed by atoms with van der Waals surface area (Å²) < 4.78 is 28.9. The van der Waals surface area contributed by atoms with Crippen LogP contribution in [0.1, 0.15) is 5.82 Å². The molecule has 0 saturated heterocycles. The zero-order valence-electron chi connectivity index (χ0n) is 11.2. The van der Waals surface area contributed by atoms with E-state index in [2.05, 4.69) is 19.9 Å². The van der Waals surface area contributed by atoms with Crippen molar-refractivity contribution in [1.82, 2.24) is 24.5 Å². The molecular formula is C12H14N6O2S. The minimum Gasteiger partial charge on any atom is -0.399 e. The van der Waals surface area contributed by atoms with Gasteiger partial charge in [-0.3, -0.25) is 0 Å². The first kappa shape index (κ1) is 13.6. The lowest BCUT2D eigenvalue weighted by molar-refractivity contribution is 0.578. The molecule has 8 nitrogen and oxygen atoms in total. The molecular weight excluding hydrogens is 292 g/mol. The number of nitrogens with two attached hydrogens (primary N) is 1. The van der Waals surface area contributed by atoms with E-state index in [0.29, 0.717) is 22.4 Å². The van der Waals surface area contributed by atoms with Gasteiger partial charge in [0.25, 0.3) is 0 Å². The summed E-state index contributed by atoms with van der Waals surface area (Å²) in [6.45, 7) is 0.0633. The van der Waals surface area contributed by atoms with E-state index in [4.69, 9.17) is 5.73 Å². The second-order valence-corrected chi connectivity index (χ2v) is 6.38. The van der Waals surface area contributed by atoms with Crippen LogP contribution in [0.4, 0.5) is 5.69 Å². The second kappa shape index (κ2) is 4.86. The Bertz CT molecular complexity index is 896. The van der Waals surface area contributed by atoms with Gasteiger partial charge in [-0.1, -0.05) is 0 Å². The number of rotatable bonds is 4. The van der Waals surface area contributed by atoms with E-state index in [1.807, 2.05) is 0 Å². The van der Waals surface area contributed by atoms with Gasteiger partial charge >= 0.3 is 0 Å². The summed E-state index contributed by atoms with van der Waals surface area (Å²) >= 11 is 0. The van der Waals surface area contributed by atoms with Crippen LogP contribution in [-0.2, 0) is 23.6 Å². The molecule has 21 heavy (non-hydrogen) atoms. The summed E-state index contributed by atoms with van der Waals surface area (Å²) in [6, 6.07) is 5.08. The van der Waals surface area contributed by atoms with Crippen molar-refractivity contribution in [3.8, 4) is 0 Å². The summed E-state index contributed by atoms with van der Waals surface area (Å²) in [7, 11) is -1.93. The number of hydrogen-bond donors (Lipinski definition) is 3. The third-order valence-electron chi connectivity index (χ3n) is 3.18. The fourth-order valence-corrected chi connectivity index (χ4v) is 3.19. The normalized spacial score (nSPS) is 12.0. The lowest BCUT2D eigenvalue weighted by Gasteiger charge is -2.05. The highest BCUT2D eigenvalue weighted by molar-refractivity contribution is 7.89. The Morgan fingerprint density at radius 1 is 1.43 bits per heavy atom. The maximum atomic E-state index is 12.4. The van der Waals surface area contributed by atoms with E-state index in [-0.39, 0.29) is 11.4 Å². The molecule has 3 rings (SSSR count). The molecule has 110 valence electrons. The molecule has 2 heterocycles. The molecule has 2 aromatic heterocycles. The van der Waals surface area contributed by atoms with Gasteiger partial charge in [0.1, 0.15) is 17.0 Å². The summed E-state index contributed by atoms with van der Waals surface area (Å²) in [5.74, 6) is 0.526. The Labute approximate surface area is 121 Å². The first-order valence-corrected chi connectivity index (χ1v) is 7.65. The van der Waals surface area contributed by atoms with Gasteiger partial charge in [0.15, 0.2) is 0 Å². The molecule has 0 saturated carbocycles. The van der Waals surface area contributed by atoms with Crippen molar-refractivity contribution < 1.29 is 8.42 Å². The van der Waals surface area contributed by atoms with Crippen molar-refractivity contribution in [3.63, 3.8) is 0 Å². The fraction of sp³-hybridized carbons (Fsp3) is 0.167. The predicted octanol–water partition coefficient (Wildman–Crippen LogP) is 0.357. The molecule has 0 amide bonds. The van der Waals surface area contributed by atoms with Crippen molar-refractivity contribution in [3.05, 3.63) is 36.5 Å². The van der Waals surface area contributed by atoms with Gasteiger partial charge in [0, 0.05) is 29.8 Å². The smallest absolute Gasteiger partial charge is 0.243 e. The topological polar surface area (TPSA) is 119 Å². The molecule has 0 aliphatic rings. The molecule has 0 fully saturated rings. The van der Waals surface area contributed by atoms with Crippen molar-refractivity contribution in [2.75, 3.05) is 5.73 Å². The average molecular weight is 306 g/mol. The fourth-order valence-electron chi connectivity index (χ4n) is 2.04. The summed E-state index contributed by atoms with van der Waals surface area (Å²) in [6.07, 6.45) is 2.96. The lowest BCUT2D eigenvalue weighted by Crippen LogP contribution is -2.24. The van der Waals surface area contributed by atoms with Crippen LogP contribution in [0.2, 0.25) is 0 Å². The monoisotopic (exact) mass is 306 g/mol. The van der Waals surface area contributed by atoms with Crippen LogP contribution < -0.4 is 10.5 Å². The van der Waals surface area contributed by atoms with Gasteiger partial charge in [-0.05, 0) is 18.2 Å². The Hall–Kier alpha value is -2.39. The summed E-state index contributed by atoms with van der Waals surface area (Å²) in [4.78, 5) is 3.08. The van der Waals surface area contributed by atoms with Crippen LogP contribution in [0.25, 0.3) is 10.9 Å². The molecule has 0 bridgehead atoms. The van der Waals surface area contributed by atoms with Gasteiger partial charge < -0.3 is 15.3 Å². The molecule has 0 aliphatic carbocycles. The lowest BCUT2D eigenvalue weighted by atomic mass is 10.2. The second-order valence-electron chi connectivity index (χ2n) is 4.64. The van der Waals surface area contributed by atoms with Crippen molar-refractivity contribution in [2.45, 2.75) is 11.4 Å². The zero-order chi connectivity index (χ0) is 15.0. The van der Waals surface area contributed by atoms with Crippen LogP contribution in [0.15, 0.2) is 35.6 Å². The van der Waals surface area contributed by atoms with Gasteiger partial charge in [0.05, 0.1) is 6.54 Å². The predicted molar refractivity (Wildman–Crippen MR) is 77.7 cm³/mol. The molecule has 3 aromatic rings. The molecule has 0 aliphatic heterocycles. The number of benzene rings is 1. The molecule has 9 heteroatoms. The molecule has 0 atom stereocenters. The number of aryl methyl sites for hydroxylation is 1. The Morgan fingerprint density at radius 2 is 2.24 bits per heavy atom. The van der Waals surface area contributed by atoms with Gasteiger partial charge in [-0.15, -0.1) is 10.2 Å². The van der Waals surface area contributed by atoms with E-state index in [1.54, 1.807) is 29.8 Å². The third-order valence-corrected chi connectivity index (χ3v) is 4.62. The number of aromatic amines is 1. The molecule has 0 unspecified atom stereocenters. The Kier molecular flexibility index (Phi) is 3.15. The molecule has 1 aromatic carbocycles. The number of sulfonamides is 1.